The van der Waals surface area contributed by atoms with Crippen LogP contribution >= 0.6 is 0 Å². The normalized spacial score (nSPS) is 18.2. The molecule has 0 fully saturated rings. The Labute approximate surface area is 165 Å². The fraction of sp³-hybridized carbons (Fsp3) is 0.300. The smallest absolute Gasteiger partial charge is 0.471 e. The molecule has 0 bridgehead atoms. The highest BCUT2D eigenvalue weighted by atomic mass is 19.4. The Morgan fingerprint density at radius 1 is 1.17 bits per heavy atom. The lowest BCUT2D eigenvalue weighted by Crippen LogP contribution is -2.52. The number of aryl methyl sites for hydroxylation is 1. The number of ether oxygens (including phenoxy) is 1. The van der Waals surface area contributed by atoms with Crippen molar-refractivity contribution in [1.82, 2.24) is 4.90 Å². The topological polar surface area (TPSA) is 84.7 Å². The second kappa shape index (κ2) is 8.02. The fourth-order valence-electron chi connectivity index (χ4n) is 3.26. The van der Waals surface area contributed by atoms with Crippen molar-refractivity contribution >= 4 is 17.5 Å². The number of carbonyl (C=O) groups excluding carboxylic acids is 2. The number of nitrogens with two attached hydrogens (primary N) is 1. The van der Waals surface area contributed by atoms with Crippen LogP contribution in [0.1, 0.15) is 17.2 Å². The van der Waals surface area contributed by atoms with Crippen LogP contribution in [-0.2, 0) is 9.59 Å². The van der Waals surface area contributed by atoms with Crippen LogP contribution in [0.3, 0.4) is 0 Å². The average Bonchev–Trinajstić information content (AvgIpc) is 2.66. The molecule has 1 heterocycles. The maximum Gasteiger partial charge on any atom is 0.471 e. The minimum atomic E-state index is -5.12. The van der Waals surface area contributed by atoms with Crippen LogP contribution in [0.4, 0.5) is 18.9 Å². The monoisotopic (exact) mass is 407 g/mol. The van der Waals surface area contributed by atoms with Gasteiger partial charge in [0.2, 0.25) is 5.91 Å². The van der Waals surface area contributed by atoms with Crippen molar-refractivity contribution in [2.45, 2.75) is 25.2 Å². The molecule has 3 N–H and O–H groups in total. The van der Waals surface area contributed by atoms with E-state index in [-0.39, 0.29) is 0 Å². The molecule has 2 aromatic carbocycles. The van der Waals surface area contributed by atoms with Gasteiger partial charge in [-0.25, -0.2) is 0 Å². The van der Waals surface area contributed by atoms with Crippen LogP contribution in [0.5, 0.6) is 5.75 Å². The van der Waals surface area contributed by atoms with E-state index in [4.69, 9.17) is 10.5 Å². The van der Waals surface area contributed by atoms with E-state index in [9.17, 15) is 22.8 Å². The number of hydrogen-bond acceptors (Lipinski definition) is 4. The number of alkyl halides is 3. The van der Waals surface area contributed by atoms with E-state index in [1.807, 2.05) is 13.0 Å². The largest absolute Gasteiger partial charge is 0.481 e. The quantitative estimate of drug-likeness (QED) is 0.798. The molecule has 2 amide bonds. The van der Waals surface area contributed by atoms with E-state index in [2.05, 4.69) is 5.32 Å². The van der Waals surface area contributed by atoms with Crippen LogP contribution in [0.2, 0.25) is 0 Å². The average molecular weight is 407 g/mol. The van der Waals surface area contributed by atoms with Crippen LogP contribution in [-0.4, -0.2) is 42.0 Å². The van der Waals surface area contributed by atoms with Gasteiger partial charge in [-0.3, -0.25) is 9.59 Å². The molecule has 9 heteroatoms. The van der Waals surface area contributed by atoms with Crippen molar-refractivity contribution in [2.75, 3.05) is 18.4 Å². The van der Waals surface area contributed by atoms with Crippen molar-refractivity contribution in [3.05, 3.63) is 59.7 Å². The van der Waals surface area contributed by atoms with Crippen molar-refractivity contribution in [3.63, 3.8) is 0 Å². The van der Waals surface area contributed by atoms with Crippen LogP contribution in [0.25, 0.3) is 0 Å². The van der Waals surface area contributed by atoms with E-state index < -0.39 is 43.2 Å². The maximum atomic E-state index is 13.0. The Hall–Kier alpha value is -3.23. The van der Waals surface area contributed by atoms with Crippen LogP contribution in [0, 0.1) is 6.92 Å². The summed E-state index contributed by atoms with van der Waals surface area (Å²) in [5, 5.41) is 3.16. The summed E-state index contributed by atoms with van der Waals surface area (Å²) in [6, 6.07) is 13.6. The summed E-state index contributed by atoms with van der Waals surface area (Å²) in [6.07, 6.45) is -5.80. The summed E-state index contributed by atoms with van der Waals surface area (Å²) in [7, 11) is 0. The van der Waals surface area contributed by atoms with E-state index in [0.717, 1.165) is 11.1 Å². The molecule has 0 radical (unpaired) electrons. The highest BCUT2D eigenvalue weighted by molar-refractivity contribution is 5.87. The summed E-state index contributed by atoms with van der Waals surface area (Å²) < 4.78 is 45.1. The lowest BCUT2D eigenvalue weighted by atomic mass is 9.98. The molecular formula is C20H20F3N3O3. The number of carbonyl (C=O) groups is 2. The molecule has 29 heavy (non-hydrogen) atoms. The Morgan fingerprint density at radius 2 is 1.86 bits per heavy atom. The third-order valence-electron chi connectivity index (χ3n) is 4.52. The number of primary amides is 1. The molecule has 2 atom stereocenters. The zero-order valence-corrected chi connectivity index (χ0v) is 15.6. The number of benzene rings is 2. The Balaban J connectivity index is 1.95. The SMILES string of the molecule is Cc1ccc2c(c1)NC(CN(CC(N)=O)C(=O)C(F)(F)F)C(c1ccccc1)O2. The van der Waals surface area contributed by atoms with Crippen LogP contribution < -0.4 is 15.8 Å². The Kier molecular flexibility index (Phi) is 5.67. The van der Waals surface area contributed by atoms with Gasteiger partial charge in [-0.15, -0.1) is 0 Å². The van der Waals surface area contributed by atoms with Crippen molar-refractivity contribution in [3.8, 4) is 5.75 Å². The van der Waals surface area contributed by atoms with Gasteiger partial charge in [0.15, 0.2) is 0 Å². The number of rotatable bonds is 5. The van der Waals surface area contributed by atoms with E-state index in [0.29, 0.717) is 16.3 Å². The third-order valence-corrected chi connectivity index (χ3v) is 4.52. The van der Waals surface area contributed by atoms with E-state index >= 15 is 0 Å². The lowest BCUT2D eigenvalue weighted by Gasteiger charge is -2.38. The van der Waals surface area contributed by atoms with Crippen molar-refractivity contribution < 1.29 is 27.5 Å². The molecule has 6 nitrogen and oxygen atoms in total. The van der Waals surface area contributed by atoms with Gasteiger partial charge in [0, 0.05) is 6.54 Å². The molecule has 0 saturated heterocycles. The zero-order chi connectivity index (χ0) is 21.2. The maximum absolute atomic E-state index is 13.0. The van der Waals surface area contributed by atoms with Gasteiger partial charge in [0.05, 0.1) is 18.3 Å². The highest BCUT2D eigenvalue weighted by Crippen LogP contribution is 2.38. The van der Waals surface area contributed by atoms with Gasteiger partial charge < -0.3 is 20.7 Å². The molecule has 1 aliphatic heterocycles. The minimum absolute atomic E-state index is 0.403. The first-order chi connectivity index (χ1) is 13.6. The standard InChI is InChI=1S/C20H20F3N3O3/c1-12-7-8-16-14(9-12)25-15(18(29-16)13-5-3-2-4-6-13)10-26(11-17(24)27)19(28)20(21,22)23/h2-9,15,18,25H,10-11H2,1H3,(H2,24,27). The minimum Gasteiger partial charge on any atom is -0.481 e. The Bertz CT molecular complexity index is 903. The molecule has 2 aromatic rings. The van der Waals surface area contributed by atoms with Gasteiger partial charge in [0.25, 0.3) is 0 Å². The Morgan fingerprint density at radius 3 is 2.48 bits per heavy atom. The molecule has 154 valence electrons. The number of nitrogens with one attached hydrogen (secondary N) is 1. The molecular weight excluding hydrogens is 387 g/mol. The number of nitrogens with zero attached hydrogens (tertiary/aromatic N) is 1. The molecule has 0 aliphatic carbocycles. The number of hydrogen-bond donors (Lipinski definition) is 2. The molecule has 3 rings (SSSR count). The summed E-state index contributed by atoms with van der Waals surface area (Å²) >= 11 is 0. The molecule has 0 spiro atoms. The summed E-state index contributed by atoms with van der Waals surface area (Å²) in [6.45, 7) is 0.597. The van der Waals surface area contributed by atoms with Crippen molar-refractivity contribution in [1.29, 1.82) is 0 Å². The highest BCUT2D eigenvalue weighted by Gasteiger charge is 2.44. The van der Waals surface area contributed by atoms with Gasteiger partial charge in [0.1, 0.15) is 11.9 Å². The summed E-state index contributed by atoms with van der Waals surface area (Å²) in [5.74, 6) is -2.61. The number of anilines is 1. The first-order valence-electron chi connectivity index (χ1n) is 8.88. The number of halogens is 3. The zero-order valence-electron chi connectivity index (χ0n) is 15.6. The first kappa shape index (κ1) is 20.5. The first-order valence-corrected chi connectivity index (χ1v) is 8.88. The third kappa shape index (κ3) is 4.79. The predicted molar refractivity (Wildman–Crippen MR) is 100 cm³/mol. The molecule has 0 saturated carbocycles. The second-order valence-electron chi connectivity index (χ2n) is 6.85. The van der Waals surface area contributed by atoms with E-state index in [1.165, 1.54) is 0 Å². The lowest BCUT2D eigenvalue weighted by molar-refractivity contribution is -0.186. The second-order valence-corrected chi connectivity index (χ2v) is 6.85. The number of amides is 2. The summed E-state index contributed by atoms with van der Waals surface area (Å²) in [4.78, 5) is 23.5. The fourth-order valence-corrected chi connectivity index (χ4v) is 3.26. The van der Waals surface area contributed by atoms with Crippen LogP contribution in [0.15, 0.2) is 48.5 Å². The number of fused-ring (bicyclic) bond motifs is 1. The van der Waals surface area contributed by atoms with Gasteiger partial charge in [-0.2, -0.15) is 13.2 Å². The predicted octanol–water partition coefficient (Wildman–Crippen LogP) is 2.79. The molecule has 1 aliphatic rings. The molecule has 2 unspecified atom stereocenters. The molecule has 0 aromatic heterocycles. The summed E-state index contributed by atoms with van der Waals surface area (Å²) in [5.41, 5.74) is 7.31. The van der Waals surface area contributed by atoms with Gasteiger partial charge in [-0.05, 0) is 30.2 Å². The van der Waals surface area contributed by atoms with Crippen molar-refractivity contribution in [2.24, 2.45) is 5.73 Å². The van der Waals surface area contributed by atoms with E-state index in [1.54, 1.807) is 42.5 Å². The van der Waals surface area contributed by atoms with Gasteiger partial charge >= 0.3 is 12.1 Å². The van der Waals surface area contributed by atoms with Gasteiger partial charge in [-0.1, -0.05) is 36.4 Å².